The van der Waals surface area contributed by atoms with Crippen LogP contribution in [0.3, 0.4) is 0 Å². The highest BCUT2D eigenvalue weighted by Gasteiger charge is 2.43. The van der Waals surface area contributed by atoms with Crippen molar-refractivity contribution in [1.29, 1.82) is 0 Å². The second-order valence-electron chi connectivity index (χ2n) is 7.64. The van der Waals surface area contributed by atoms with Crippen molar-refractivity contribution in [2.45, 2.75) is 44.8 Å². The summed E-state index contributed by atoms with van der Waals surface area (Å²) < 4.78 is 46.3. The van der Waals surface area contributed by atoms with Gasteiger partial charge in [0.25, 0.3) is 0 Å². The number of hydrogen-bond acceptors (Lipinski definition) is 8. The summed E-state index contributed by atoms with van der Waals surface area (Å²) in [6.45, 7) is 7.68. The predicted molar refractivity (Wildman–Crippen MR) is 106 cm³/mol. The molecule has 1 rings (SSSR count). The number of carbonyl (C=O) groups is 1. The van der Waals surface area contributed by atoms with Crippen LogP contribution in [0.1, 0.15) is 6.92 Å². The van der Waals surface area contributed by atoms with E-state index in [2.05, 4.69) is 35.2 Å². The van der Waals surface area contributed by atoms with Crippen LogP contribution in [0.15, 0.2) is 27.2 Å². The van der Waals surface area contributed by atoms with Crippen LogP contribution in [0.4, 0.5) is 13.2 Å². The van der Waals surface area contributed by atoms with Crippen molar-refractivity contribution in [1.82, 2.24) is 10.3 Å². The van der Waals surface area contributed by atoms with Gasteiger partial charge in [-0.25, -0.2) is 14.6 Å². The molecule has 13 heteroatoms. The molecule has 30 heavy (non-hydrogen) atoms. The number of hydrogen-bond donors (Lipinski definition) is 2. The fourth-order valence-electron chi connectivity index (χ4n) is 2.18. The number of alkyl halides is 3. The maximum Gasteiger partial charge on any atom is 0.421 e. The summed E-state index contributed by atoms with van der Waals surface area (Å²) in [6.07, 6.45) is -3.43. The smallest absolute Gasteiger partial charge is 0.421 e. The molecule has 1 unspecified atom stereocenters. The molecule has 1 heterocycles. The van der Waals surface area contributed by atoms with Crippen LogP contribution >= 0.6 is 0 Å². The van der Waals surface area contributed by atoms with Crippen LogP contribution in [-0.4, -0.2) is 74.7 Å². The summed E-state index contributed by atoms with van der Waals surface area (Å²) in [5, 5.41) is 18.8. The van der Waals surface area contributed by atoms with Gasteiger partial charge in [-0.3, -0.25) is 0 Å². The lowest BCUT2D eigenvalue weighted by Gasteiger charge is -2.29. The summed E-state index contributed by atoms with van der Waals surface area (Å²) in [5.41, 5.74) is -2.47. The number of aliphatic carboxylic acids is 1. The van der Waals surface area contributed by atoms with Gasteiger partial charge in [-0.15, -0.1) is 0 Å². The number of carboxylic acid groups (broad SMARTS) is 1. The summed E-state index contributed by atoms with van der Waals surface area (Å²) in [6, 6.07) is 0.101. The Morgan fingerprint density at radius 2 is 2.13 bits per heavy atom. The lowest BCUT2D eigenvalue weighted by Crippen LogP contribution is -2.39. The summed E-state index contributed by atoms with van der Waals surface area (Å²) >= 11 is 0. The van der Waals surface area contributed by atoms with Crippen molar-refractivity contribution in [3.8, 4) is 0 Å². The van der Waals surface area contributed by atoms with Crippen LogP contribution in [-0.2, 0) is 19.2 Å². The Morgan fingerprint density at radius 3 is 2.67 bits per heavy atom. The Balaban J connectivity index is 2.89. The summed E-state index contributed by atoms with van der Waals surface area (Å²) in [5.74, 6) is -0.0233. The molecule has 2 N–H and O–H groups in total. The molecule has 1 atom stereocenters. The standard InChI is InChI=1S/C17H25F3N4O5Si/c1-12(10-29-22-8-15(26)27)23-13-7-21-24(11-28-5-6-30(2,3)4)14(9-25)16(13)17(18,19)20/h7-8,12,23H,5-6,10-11H2,1-4H3,(H,26,27). The number of hydrazone groups is 1. The molecule has 0 saturated heterocycles. The minimum atomic E-state index is -4.86. The monoisotopic (exact) mass is 450 g/mol. The van der Waals surface area contributed by atoms with Crippen molar-refractivity contribution in [2.24, 2.45) is 10.3 Å². The molecule has 0 amide bonds. The number of rotatable bonds is 11. The number of allylic oxidation sites excluding steroid dienone is 2. The van der Waals surface area contributed by atoms with Gasteiger partial charge in [0.1, 0.15) is 18.9 Å². The fourth-order valence-corrected chi connectivity index (χ4v) is 2.93. The van der Waals surface area contributed by atoms with Gasteiger partial charge in [-0.1, -0.05) is 24.8 Å². The zero-order valence-electron chi connectivity index (χ0n) is 17.1. The number of carboxylic acids is 1. The number of oxime groups is 1. The first-order valence-electron chi connectivity index (χ1n) is 8.96. The number of nitrogens with one attached hydrogen (secondary N) is 1. The third-order valence-electron chi connectivity index (χ3n) is 3.64. The number of carbonyl (C=O) groups excluding carboxylic acids is 1. The van der Waals surface area contributed by atoms with Crippen LogP contribution < -0.4 is 5.32 Å². The SMILES string of the molecule is CC(CON=CC(=O)O)NC1=C(C(F)(F)F)C(=C=O)N(COCC[Si](C)(C)C)N=C1. The normalized spacial score (nSPS) is 16.1. The zero-order chi connectivity index (χ0) is 22.9. The zero-order valence-corrected chi connectivity index (χ0v) is 18.1. The van der Waals surface area contributed by atoms with E-state index in [1.807, 2.05) is 0 Å². The van der Waals surface area contributed by atoms with Crippen LogP contribution in [0.5, 0.6) is 0 Å². The van der Waals surface area contributed by atoms with Crippen molar-refractivity contribution in [3.05, 3.63) is 17.0 Å². The predicted octanol–water partition coefficient (Wildman–Crippen LogP) is 2.20. The third kappa shape index (κ3) is 8.80. The van der Waals surface area contributed by atoms with E-state index in [0.29, 0.717) is 12.8 Å². The van der Waals surface area contributed by atoms with E-state index >= 15 is 0 Å². The molecule has 0 fully saturated rings. The van der Waals surface area contributed by atoms with Crippen molar-refractivity contribution in [2.75, 3.05) is 19.9 Å². The Kier molecular flexibility index (Phi) is 9.27. The first kappa shape index (κ1) is 25.4. The maximum absolute atomic E-state index is 13.7. The molecule has 0 aromatic heterocycles. The summed E-state index contributed by atoms with van der Waals surface area (Å²) in [7, 11) is -1.38. The molecule has 0 bridgehead atoms. The van der Waals surface area contributed by atoms with Gasteiger partial charge in [-0.05, 0) is 13.0 Å². The van der Waals surface area contributed by atoms with Crippen molar-refractivity contribution >= 4 is 32.4 Å². The van der Waals surface area contributed by atoms with Crippen molar-refractivity contribution in [3.63, 3.8) is 0 Å². The van der Waals surface area contributed by atoms with E-state index in [0.717, 1.165) is 17.3 Å². The third-order valence-corrected chi connectivity index (χ3v) is 5.35. The minimum absolute atomic E-state index is 0.226. The quantitative estimate of drug-likeness (QED) is 0.163. The highest BCUT2D eigenvalue weighted by atomic mass is 28.3. The molecule has 168 valence electrons. The highest BCUT2D eigenvalue weighted by molar-refractivity contribution is 6.76. The van der Waals surface area contributed by atoms with Crippen LogP contribution in [0, 0.1) is 0 Å². The van der Waals surface area contributed by atoms with Gasteiger partial charge in [0, 0.05) is 14.7 Å². The highest BCUT2D eigenvalue weighted by Crippen LogP contribution is 2.35. The molecular weight excluding hydrogens is 425 g/mol. The number of ether oxygens (including phenoxy) is 1. The van der Waals surface area contributed by atoms with E-state index in [1.165, 1.54) is 12.9 Å². The molecule has 0 aromatic rings. The molecule has 0 radical (unpaired) electrons. The van der Waals surface area contributed by atoms with Gasteiger partial charge < -0.3 is 20.0 Å². The molecule has 1 aliphatic heterocycles. The van der Waals surface area contributed by atoms with Crippen LogP contribution in [0.2, 0.25) is 25.7 Å². The Bertz CT molecular complexity index is 755. The second kappa shape index (κ2) is 10.9. The minimum Gasteiger partial charge on any atom is -0.477 e. The fraction of sp³-hybridized carbons (Fsp3) is 0.588. The topological polar surface area (TPSA) is 113 Å². The van der Waals surface area contributed by atoms with Gasteiger partial charge >= 0.3 is 12.1 Å². The second-order valence-corrected chi connectivity index (χ2v) is 13.3. The molecule has 0 saturated carbocycles. The van der Waals surface area contributed by atoms with Gasteiger partial charge in [0.05, 0.1) is 18.0 Å². The lowest BCUT2D eigenvalue weighted by molar-refractivity contribution is -0.129. The molecule has 9 nitrogen and oxygen atoms in total. The Morgan fingerprint density at radius 1 is 1.47 bits per heavy atom. The van der Waals surface area contributed by atoms with E-state index in [1.54, 1.807) is 0 Å². The van der Waals surface area contributed by atoms with Gasteiger partial charge in [-0.2, -0.15) is 18.3 Å². The largest absolute Gasteiger partial charge is 0.477 e. The number of halogens is 3. The summed E-state index contributed by atoms with van der Waals surface area (Å²) in [4.78, 5) is 26.4. The molecule has 1 aliphatic rings. The van der Waals surface area contributed by atoms with E-state index in [4.69, 9.17) is 14.7 Å². The molecule has 0 aromatic carbocycles. The maximum atomic E-state index is 13.7. The Hall–Kier alpha value is -2.63. The number of nitrogens with zero attached hydrogens (tertiary/aromatic N) is 3. The first-order valence-corrected chi connectivity index (χ1v) is 12.7. The van der Waals surface area contributed by atoms with E-state index in [-0.39, 0.29) is 13.3 Å². The lowest BCUT2D eigenvalue weighted by atomic mass is 10.1. The van der Waals surface area contributed by atoms with Gasteiger partial charge in [0.15, 0.2) is 17.9 Å². The molecular formula is C17H25F3N4O5Si. The molecule has 0 spiro atoms. The van der Waals surface area contributed by atoms with E-state index < -0.39 is 43.2 Å². The van der Waals surface area contributed by atoms with Gasteiger partial charge in [0.2, 0.25) is 0 Å². The average molecular weight is 450 g/mol. The average Bonchev–Trinajstić information content (AvgIpc) is 2.60. The van der Waals surface area contributed by atoms with Crippen LogP contribution in [0.25, 0.3) is 0 Å². The van der Waals surface area contributed by atoms with Crippen molar-refractivity contribution < 1.29 is 37.4 Å². The first-order chi connectivity index (χ1) is 13.8. The molecule has 0 aliphatic carbocycles. The van der Waals surface area contributed by atoms with E-state index in [9.17, 15) is 22.8 Å². The Labute approximate surface area is 172 Å².